The lowest BCUT2D eigenvalue weighted by molar-refractivity contribution is -0.126. The molecule has 13 nitrogen and oxygen atoms in total. The highest BCUT2D eigenvalue weighted by Crippen LogP contribution is 2.54. The predicted octanol–water partition coefficient (Wildman–Crippen LogP) is 6.95. The van der Waals surface area contributed by atoms with Crippen LogP contribution in [0.1, 0.15) is 100 Å². The fraction of sp³-hybridized carbons (Fsp3) is 0.533. The number of thioether (sulfide) groups is 1. The van der Waals surface area contributed by atoms with Crippen molar-refractivity contribution >= 4 is 47.0 Å². The largest absolute Gasteiger partial charge is 0.444 e. The van der Waals surface area contributed by atoms with Gasteiger partial charge in [-0.05, 0) is 51.2 Å². The Kier molecular flexibility index (Phi) is 16.5. The minimum absolute atomic E-state index is 0.0608. The number of aromatic nitrogens is 1. The zero-order valence-electron chi connectivity index (χ0n) is 36.3. The molecular weight excluding hydrogens is 799 g/mol. The van der Waals surface area contributed by atoms with Gasteiger partial charge < -0.3 is 40.5 Å². The molecule has 5 atom stereocenters. The third-order valence-electron chi connectivity index (χ3n) is 10.7. The molecule has 1 aliphatic carbocycles. The Bertz CT molecular complexity index is 1920. The number of nitrogens with zero attached hydrogens (tertiary/aromatic N) is 3. The van der Waals surface area contributed by atoms with Crippen LogP contribution in [0.15, 0.2) is 77.1 Å². The molecular formula is C45H63N7O6S2. The summed E-state index contributed by atoms with van der Waals surface area (Å²) < 4.78 is 11.3. The molecule has 3 aromatic rings. The van der Waals surface area contributed by atoms with Crippen molar-refractivity contribution in [2.45, 2.75) is 108 Å². The zero-order chi connectivity index (χ0) is 43.5. The van der Waals surface area contributed by atoms with Crippen LogP contribution in [-0.4, -0.2) is 108 Å². The maximum Gasteiger partial charge on any atom is 0.407 e. The molecule has 326 valence electrons. The predicted molar refractivity (Wildman–Crippen MR) is 239 cm³/mol. The van der Waals surface area contributed by atoms with E-state index in [1.807, 2.05) is 67.2 Å². The number of urea groups is 1. The van der Waals surface area contributed by atoms with Crippen LogP contribution in [0.2, 0.25) is 0 Å². The number of hydrogen-bond donors (Lipinski definition) is 4. The van der Waals surface area contributed by atoms with Crippen LogP contribution in [-0.2, 0) is 25.5 Å². The number of rotatable bonds is 20. The summed E-state index contributed by atoms with van der Waals surface area (Å²) in [5.74, 6) is 0.506. The Hall–Kier alpha value is -4.60. The number of ether oxygens (including phenoxy) is 2. The van der Waals surface area contributed by atoms with E-state index >= 15 is 0 Å². The van der Waals surface area contributed by atoms with E-state index in [0.29, 0.717) is 38.3 Å². The van der Waals surface area contributed by atoms with Crippen LogP contribution in [0.5, 0.6) is 0 Å². The van der Waals surface area contributed by atoms with Gasteiger partial charge in [-0.3, -0.25) is 9.59 Å². The lowest BCUT2D eigenvalue weighted by atomic mass is 9.88. The lowest BCUT2D eigenvalue weighted by Gasteiger charge is -2.31. The molecule has 4 N–H and O–H groups in total. The van der Waals surface area contributed by atoms with E-state index < -0.39 is 41.3 Å². The molecule has 0 spiro atoms. The Morgan fingerprint density at radius 1 is 1.02 bits per heavy atom. The van der Waals surface area contributed by atoms with Gasteiger partial charge in [-0.15, -0.1) is 23.1 Å². The number of carbonyl (C=O) groups is 4. The van der Waals surface area contributed by atoms with Crippen LogP contribution < -0.4 is 21.3 Å². The summed E-state index contributed by atoms with van der Waals surface area (Å²) in [7, 11) is 3.68. The topological polar surface area (TPSA) is 154 Å². The van der Waals surface area contributed by atoms with Gasteiger partial charge in [0.05, 0.1) is 29.7 Å². The van der Waals surface area contributed by atoms with E-state index in [-0.39, 0.29) is 30.9 Å². The molecule has 2 aromatic carbocycles. The highest BCUT2D eigenvalue weighted by Gasteiger charge is 2.55. The number of hydrogen-bond acceptors (Lipinski definition) is 10. The maximum absolute atomic E-state index is 14.4. The summed E-state index contributed by atoms with van der Waals surface area (Å²) in [5, 5.41) is 15.2. The van der Waals surface area contributed by atoms with Gasteiger partial charge in [0, 0.05) is 72.9 Å². The summed E-state index contributed by atoms with van der Waals surface area (Å²) in [6.45, 7) is 12.0. The number of amides is 5. The minimum Gasteiger partial charge on any atom is -0.444 e. The number of carbonyl (C=O) groups excluding carboxylic acids is 4. The molecule has 1 aromatic heterocycles. The number of benzene rings is 2. The van der Waals surface area contributed by atoms with Gasteiger partial charge >= 0.3 is 12.1 Å². The normalized spacial score (nSPS) is 18.9. The second-order valence-corrected chi connectivity index (χ2v) is 19.2. The van der Waals surface area contributed by atoms with Crippen LogP contribution in [0.3, 0.4) is 0 Å². The second kappa shape index (κ2) is 21.3. The van der Waals surface area contributed by atoms with Crippen molar-refractivity contribution in [2.75, 3.05) is 46.3 Å². The van der Waals surface area contributed by atoms with Gasteiger partial charge in [0.25, 0.3) is 0 Å². The molecule has 1 aliphatic heterocycles. The van der Waals surface area contributed by atoms with Gasteiger partial charge in [0.2, 0.25) is 11.8 Å². The number of nitrogens with one attached hydrogen (secondary N) is 4. The van der Waals surface area contributed by atoms with Crippen molar-refractivity contribution in [2.24, 2.45) is 0 Å². The Balaban J connectivity index is 1.31. The minimum atomic E-state index is -1.12. The molecule has 2 aliphatic rings. The summed E-state index contributed by atoms with van der Waals surface area (Å²) in [5.41, 5.74) is 1.78. The highest BCUT2D eigenvalue weighted by atomic mass is 32.2. The van der Waals surface area contributed by atoms with Crippen molar-refractivity contribution in [3.8, 4) is 0 Å². The molecule has 0 bridgehead atoms. The summed E-state index contributed by atoms with van der Waals surface area (Å²) in [6.07, 6.45) is 3.74. The first-order valence-corrected chi connectivity index (χ1v) is 22.6. The van der Waals surface area contributed by atoms with Gasteiger partial charge in [-0.1, -0.05) is 81.4 Å². The monoisotopic (exact) mass is 861 g/mol. The first kappa shape index (κ1) is 46.5. The molecule has 15 heteroatoms. The van der Waals surface area contributed by atoms with Gasteiger partial charge in [0.15, 0.2) is 0 Å². The third-order valence-corrected chi connectivity index (χ3v) is 13.0. The van der Waals surface area contributed by atoms with E-state index in [4.69, 9.17) is 14.5 Å². The van der Waals surface area contributed by atoms with Crippen LogP contribution in [0, 0.1) is 0 Å². The van der Waals surface area contributed by atoms with E-state index in [1.165, 1.54) is 4.90 Å². The van der Waals surface area contributed by atoms with Crippen LogP contribution >= 0.6 is 23.1 Å². The molecule has 5 rings (SSSR count). The van der Waals surface area contributed by atoms with Crippen molar-refractivity contribution < 1.29 is 28.7 Å². The summed E-state index contributed by atoms with van der Waals surface area (Å²) in [6, 6.07) is 18.1. The smallest absolute Gasteiger partial charge is 0.407 e. The van der Waals surface area contributed by atoms with Crippen molar-refractivity contribution in [3.05, 3.63) is 99.0 Å². The number of likely N-dealkylation sites (N-methyl/N-ethyl adjacent to an activating group) is 1. The molecule has 2 unspecified atom stereocenters. The van der Waals surface area contributed by atoms with E-state index in [1.54, 1.807) is 50.9 Å². The zero-order valence-corrected chi connectivity index (χ0v) is 37.9. The number of alkyl carbamates (subject to hydrolysis) is 1. The Labute approximate surface area is 363 Å². The van der Waals surface area contributed by atoms with E-state index in [0.717, 1.165) is 39.0 Å². The van der Waals surface area contributed by atoms with Gasteiger partial charge in [0.1, 0.15) is 18.2 Å². The summed E-state index contributed by atoms with van der Waals surface area (Å²) in [4.78, 5) is 63.7. The second-order valence-electron chi connectivity index (χ2n) is 17.2. The third kappa shape index (κ3) is 14.0. The van der Waals surface area contributed by atoms with Crippen LogP contribution in [0.4, 0.5) is 9.59 Å². The first-order valence-electron chi connectivity index (χ1n) is 20.8. The maximum atomic E-state index is 14.4. The first-order chi connectivity index (χ1) is 28.5. The standard InChI is InChI=1S/C45H63N7O6S2/c1-30(2)41-47-34(28-59-41)20-22-52(8)42(55)49-38(24-46-43(56)58-44(4,5)6)40(54)48-37(31(3)32-15-11-9-12-16-32)19-21-45(23-36(45)33-17-13-10-14-18-33)50-39(53)27-57-26-35-25-51(7)29-60-35/h9-18,25,28,30-31,36-38H,19-24,26-27,29H2,1-8H3,(H,46,56)(H,48,54)(H,49,55)(H,50,53)/t31-,36-,37?,38-,45?/m0/s1. The molecule has 2 heterocycles. The van der Waals surface area contributed by atoms with Crippen LogP contribution in [0.25, 0.3) is 0 Å². The molecule has 5 amide bonds. The molecule has 60 heavy (non-hydrogen) atoms. The molecule has 1 saturated carbocycles. The Morgan fingerprint density at radius 3 is 2.35 bits per heavy atom. The Morgan fingerprint density at radius 2 is 1.72 bits per heavy atom. The fourth-order valence-corrected chi connectivity index (χ4v) is 8.97. The quantitative estimate of drug-likeness (QED) is 0.0946. The van der Waals surface area contributed by atoms with Gasteiger partial charge in [-0.25, -0.2) is 14.6 Å². The van der Waals surface area contributed by atoms with Gasteiger partial charge in [-0.2, -0.15) is 0 Å². The molecule has 1 fully saturated rings. The van der Waals surface area contributed by atoms with Crippen molar-refractivity contribution in [1.82, 2.24) is 36.1 Å². The van der Waals surface area contributed by atoms with Crippen molar-refractivity contribution in [1.29, 1.82) is 0 Å². The summed E-state index contributed by atoms with van der Waals surface area (Å²) >= 11 is 3.30. The average molecular weight is 862 g/mol. The average Bonchev–Trinajstić information content (AvgIpc) is 3.46. The lowest BCUT2D eigenvalue weighted by Crippen LogP contribution is -2.57. The SMILES string of the molecule is CC(C)c1nc(CCN(C)C(=O)N[C@@H](CNC(=O)OC(C)(C)C)C(=O)NC(CCC2(NC(=O)COCC3=CN(C)CS3)C[C@H]2c2ccccc2)[C@@H](C)c2ccccc2)cs1. The fourth-order valence-electron chi connectivity index (χ4n) is 7.23. The van der Waals surface area contributed by atoms with Crippen molar-refractivity contribution in [3.63, 3.8) is 0 Å². The number of thiazole rings is 1. The van der Waals surface area contributed by atoms with E-state index in [9.17, 15) is 19.2 Å². The van der Waals surface area contributed by atoms with E-state index in [2.05, 4.69) is 59.1 Å². The molecule has 0 saturated heterocycles. The highest BCUT2D eigenvalue weighted by molar-refractivity contribution is 8.03. The molecule has 0 radical (unpaired) electrons.